The number of hydrogen-bond donors (Lipinski definition) is 1. The second-order valence-electron chi connectivity index (χ2n) is 3.25. The Hall–Kier alpha value is -1.24. The maximum absolute atomic E-state index is 10.6. The Morgan fingerprint density at radius 3 is 2.62 bits per heavy atom. The molecule has 0 amide bonds. The summed E-state index contributed by atoms with van der Waals surface area (Å²) in [6.45, 7) is 1.70. The molecule has 0 aliphatic carbocycles. The van der Waals surface area contributed by atoms with Gasteiger partial charge in [0.2, 0.25) is 0 Å². The van der Waals surface area contributed by atoms with E-state index in [1.165, 1.54) is 18.7 Å². The molecule has 0 aliphatic rings. The SMILES string of the molecule is CC(=O)SCC#Cc1ccc(CCO)cc1. The molecular formula is C13H14O2S. The van der Waals surface area contributed by atoms with Crippen molar-refractivity contribution in [3.8, 4) is 11.8 Å². The van der Waals surface area contributed by atoms with E-state index in [-0.39, 0.29) is 11.7 Å². The van der Waals surface area contributed by atoms with Crippen molar-refractivity contribution in [3.05, 3.63) is 35.4 Å². The van der Waals surface area contributed by atoms with Gasteiger partial charge in [-0.3, -0.25) is 4.79 Å². The van der Waals surface area contributed by atoms with Crippen LogP contribution in [0.25, 0.3) is 0 Å². The van der Waals surface area contributed by atoms with Gasteiger partial charge in [0, 0.05) is 19.1 Å². The van der Waals surface area contributed by atoms with Crippen LogP contribution < -0.4 is 0 Å². The molecule has 84 valence electrons. The zero-order valence-electron chi connectivity index (χ0n) is 9.19. The van der Waals surface area contributed by atoms with E-state index >= 15 is 0 Å². The quantitative estimate of drug-likeness (QED) is 0.811. The minimum atomic E-state index is 0.0904. The van der Waals surface area contributed by atoms with Crippen LogP contribution in [-0.4, -0.2) is 22.6 Å². The summed E-state index contributed by atoms with van der Waals surface area (Å²) in [6.07, 6.45) is 0.675. The van der Waals surface area contributed by atoms with E-state index in [1.807, 2.05) is 24.3 Å². The summed E-state index contributed by atoms with van der Waals surface area (Å²) in [7, 11) is 0. The first kappa shape index (κ1) is 12.8. The molecule has 0 radical (unpaired) electrons. The Morgan fingerprint density at radius 1 is 1.38 bits per heavy atom. The van der Waals surface area contributed by atoms with Gasteiger partial charge in [-0.05, 0) is 24.1 Å². The molecule has 0 aromatic heterocycles. The van der Waals surface area contributed by atoms with Crippen molar-refractivity contribution < 1.29 is 9.90 Å². The van der Waals surface area contributed by atoms with Crippen molar-refractivity contribution in [2.75, 3.05) is 12.4 Å². The molecule has 16 heavy (non-hydrogen) atoms. The van der Waals surface area contributed by atoms with E-state index in [1.54, 1.807) is 0 Å². The third-order valence-corrected chi connectivity index (χ3v) is 2.63. The minimum absolute atomic E-state index is 0.0904. The van der Waals surface area contributed by atoms with Gasteiger partial charge in [0.25, 0.3) is 0 Å². The summed E-state index contributed by atoms with van der Waals surface area (Å²) in [6, 6.07) is 7.77. The Labute approximate surface area is 100 Å². The average Bonchev–Trinajstić information content (AvgIpc) is 2.27. The number of rotatable bonds is 3. The van der Waals surface area contributed by atoms with Gasteiger partial charge >= 0.3 is 0 Å². The van der Waals surface area contributed by atoms with E-state index in [4.69, 9.17) is 5.11 Å². The van der Waals surface area contributed by atoms with E-state index in [0.717, 1.165) is 11.1 Å². The zero-order valence-corrected chi connectivity index (χ0v) is 10.0. The molecule has 2 nitrogen and oxygen atoms in total. The van der Waals surface area contributed by atoms with Gasteiger partial charge in [-0.25, -0.2) is 0 Å². The fraction of sp³-hybridized carbons (Fsp3) is 0.308. The van der Waals surface area contributed by atoms with Crippen LogP contribution in [0.15, 0.2) is 24.3 Å². The fourth-order valence-electron chi connectivity index (χ4n) is 1.16. The maximum atomic E-state index is 10.6. The standard InChI is InChI=1S/C13H14O2S/c1-11(15)16-10-2-3-12-4-6-13(7-5-12)8-9-14/h4-7,14H,8-10H2,1H3. The monoisotopic (exact) mass is 234 g/mol. The second kappa shape index (κ2) is 7.10. The molecule has 0 saturated heterocycles. The van der Waals surface area contributed by atoms with Gasteiger partial charge in [-0.15, -0.1) is 0 Å². The molecule has 0 atom stereocenters. The molecule has 0 unspecified atom stereocenters. The summed E-state index contributed by atoms with van der Waals surface area (Å²) < 4.78 is 0. The highest BCUT2D eigenvalue weighted by Gasteiger charge is 1.92. The molecule has 0 spiro atoms. The minimum Gasteiger partial charge on any atom is -0.396 e. The van der Waals surface area contributed by atoms with Crippen molar-refractivity contribution in [3.63, 3.8) is 0 Å². The summed E-state index contributed by atoms with van der Waals surface area (Å²) >= 11 is 1.22. The van der Waals surface area contributed by atoms with Crippen molar-refractivity contribution in [1.82, 2.24) is 0 Å². The lowest BCUT2D eigenvalue weighted by atomic mass is 10.1. The van der Waals surface area contributed by atoms with Crippen LogP contribution >= 0.6 is 11.8 Å². The highest BCUT2D eigenvalue weighted by molar-refractivity contribution is 8.13. The fourth-order valence-corrected chi connectivity index (χ4v) is 1.51. The molecule has 0 heterocycles. The van der Waals surface area contributed by atoms with Crippen LogP contribution in [0.5, 0.6) is 0 Å². The molecule has 1 rings (SSSR count). The molecule has 1 aromatic carbocycles. The first-order valence-electron chi connectivity index (χ1n) is 5.04. The lowest BCUT2D eigenvalue weighted by molar-refractivity contribution is -0.109. The molecule has 1 N–H and O–H groups in total. The highest BCUT2D eigenvalue weighted by Crippen LogP contribution is 2.04. The Morgan fingerprint density at radius 2 is 2.06 bits per heavy atom. The summed E-state index contributed by atoms with van der Waals surface area (Å²) in [5, 5.41) is 8.84. The molecule has 1 aromatic rings. The molecule has 0 bridgehead atoms. The highest BCUT2D eigenvalue weighted by atomic mass is 32.2. The van der Waals surface area contributed by atoms with Crippen molar-refractivity contribution in [2.45, 2.75) is 13.3 Å². The van der Waals surface area contributed by atoms with Crippen LogP contribution in [0, 0.1) is 11.8 Å². The number of hydrogen-bond acceptors (Lipinski definition) is 3. The normalized spacial score (nSPS) is 9.38. The molecule has 0 fully saturated rings. The largest absolute Gasteiger partial charge is 0.396 e. The first-order chi connectivity index (χ1) is 7.72. The van der Waals surface area contributed by atoms with E-state index in [0.29, 0.717) is 12.2 Å². The van der Waals surface area contributed by atoms with Crippen LogP contribution in [-0.2, 0) is 11.2 Å². The number of aliphatic hydroxyl groups excluding tert-OH is 1. The van der Waals surface area contributed by atoms with Crippen molar-refractivity contribution >= 4 is 16.9 Å². The summed E-state index contributed by atoms with van der Waals surface area (Å²) in [5.41, 5.74) is 2.04. The average molecular weight is 234 g/mol. The lowest BCUT2D eigenvalue weighted by Crippen LogP contribution is -1.89. The lowest BCUT2D eigenvalue weighted by Gasteiger charge is -1.97. The van der Waals surface area contributed by atoms with Crippen LogP contribution in [0.2, 0.25) is 0 Å². The Balaban J connectivity index is 2.51. The third-order valence-electron chi connectivity index (χ3n) is 1.93. The molecular weight excluding hydrogens is 220 g/mol. The summed E-state index contributed by atoms with van der Waals surface area (Å²) in [5.74, 6) is 6.45. The first-order valence-corrected chi connectivity index (χ1v) is 6.03. The van der Waals surface area contributed by atoms with Gasteiger partial charge < -0.3 is 5.11 Å². The topological polar surface area (TPSA) is 37.3 Å². The van der Waals surface area contributed by atoms with Crippen molar-refractivity contribution in [1.29, 1.82) is 0 Å². The number of benzene rings is 1. The van der Waals surface area contributed by atoms with Crippen LogP contribution in [0.4, 0.5) is 0 Å². The molecule has 0 saturated carbocycles. The maximum Gasteiger partial charge on any atom is 0.186 e. The predicted octanol–water partition coefficient (Wildman–Crippen LogP) is 1.85. The van der Waals surface area contributed by atoms with E-state index in [2.05, 4.69) is 11.8 Å². The van der Waals surface area contributed by atoms with Gasteiger partial charge in [-0.2, -0.15) is 0 Å². The zero-order chi connectivity index (χ0) is 11.8. The molecule has 0 aliphatic heterocycles. The smallest absolute Gasteiger partial charge is 0.186 e. The summed E-state index contributed by atoms with van der Waals surface area (Å²) in [4.78, 5) is 10.6. The van der Waals surface area contributed by atoms with Crippen LogP contribution in [0.3, 0.4) is 0 Å². The second-order valence-corrected chi connectivity index (χ2v) is 4.40. The Kier molecular flexibility index (Phi) is 5.69. The van der Waals surface area contributed by atoms with Gasteiger partial charge in [0.15, 0.2) is 5.12 Å². The van der Waals surface area contributed by atoms with Crippen LogP contribution in [0.1, 0.15) is 18.1 Å². The number of thioether (sulfide) groups is 1. The van der Waals surface area contributed by atoms with Gasteiger partial charge in [0.1, 0.15) is 0 Å². The predicted molar refractivity (Wildman–Crippen MR) is 67.2 cm³/mol. The van der Waals surface area contributed by atoms with E-state index in [9.17, 15) is 4.79 Å². The van der Waals surface area contributed by atoms with Gasteiger partial charge in [-0.1, -0.05) is 35.7 Å². The Bertz CT molecular complexity index is 398. The third kappa shape index (κ3) is 5.01. The number of carbonyl (C=O) groups excluding carboxylic acids is 1. The number of aliphatic hydroxyl groups is 1. The van der Waals surface area contributed by atoms with Gasteiger partial charge in [0.05, 0.1) is 5.75 Å². The van der Waals surface area contributed by atoms with Crippen molar-refractivity contribution in [2.24, 2.45) is 0 Å². The molecule has 3 heteroatoms. The number of carbonyl (C=O) groups is 1. The van der Waals surface area contributed by atoms with E-state index < -0.39 is 0 Å².